The van der Waals surface area contributed by atoms with Crippen molar-refractivity contribution >= 4 is 23.7 Å². The zero-order chi connectivity index (χ0) is 17.9. The van der Waals surface area contributed by atoms with E-state index in [-0.39, 0.29) is 5.82 Å². The molecule has 0 saturated heterocycles. The number of aromatic nitrogens is 4. The van der Waals surface area contributed by atoms with Gasteiger partial charge in [-0.05, 0) is 24.3 Å². The molecule has 0 unspecified atom stereocenters. The van der Waals surface area contributed by atoms with Crippen molar-refractivity contribution in [1.29, 1.82) is 0 Å². The number of hydrogen-bond donors (Lipinski definition) is 2. The molecule has 3 heterocycles. The molecule has 0 fully saturated rings. The molecule has 0 atom stereocenters. The number of thiol groups is 1. The van der Waals surface area contributed by atoms with Crippen molar-refractivity contribution in [3.05, 3.63) is 60.7 Å². The number of nitrogens with zero attached hydrogens (tertiary/aromatic N) is 3. The maximum absolute atomic E-state index is 12.3. The van der Waals surface area contributed by atoms with E-state index in [0.29, 0.717) is 11.2 Å². The average molecular weight is 364 g/mol. The van der Waals surface area contributed by atoms with Gasteiger partial charge in [-0.15, -0.1) is 12.6 Å². The summed E-state index contributed by atoms with van der Waals surface area (Å²) < 4.78 is 41.1. The molecule has 9 heteroatoms. The van der Waals surface area contributed by atoms with Crippen LogP contribution in [0, 0.1) is 0 Å². The minimum absolute atomic E-state index is 0.141. The minimum atomic E-state index is -4.64. The second-order valence-electron chi connectivity index (χ2n) is 4.90. The number of hydrogen-bond acceptors (Lipinski definition) is 5. The molecule has 3 aromatic heterocycles. The highest BCUT2D eigenvalue weighted by Gasteiger charge is 2.38. The van der Waals surface area contributed by atoms with Gasteiger partial charge >= 0.3 is 12.1 Å². The molecule has 0 aliphatic heterocycles. The Hall–Kier alpha value is -2.81. The van der Waals surface area contributed by atoms with Gasteiger partial charge in [0.2, 0.25) is 5.82 Å². The molecular formula is C16H11F3N4OS. The Morgan fingerprint density at radius 3 is 2.44 bits per heavy atom. The molecule has 0 amide bonds. The normalized spacial score (nSPS) is 11.2. The van der Waals surface area contributed by atoms with E-state index in [2.05, 4.69) is 37.3 Å². The van der Waals surface area contributed by atoms with Gasteiger partial charge in [0.15, 0.2) is 0 Å². The first-order valence-corrected chi connectivity index (χ1v) is 7.46. The van der Waals surface area contributed by atoms with Crippen LogP contribution in [0.5, 0.6) is 0 Å². The number of aromatic amines is 1. The van der Waals surface area contributed by atoms with Crippen molar-refractivity contribution in [2.75, 3.05) is 0 Å². The molecule has 4 aromatic rings. The molecule has 0 spiro atoms. The predicted molar refractivity (Wildman–Crippen MR) is 88.1 cm³/mol. The zero-order valence-corrected chi connectivity index (χ0v) is 13.4. The summed E-state index contributed by atoms with van der Waals surface area (Å²) in [6.07, 6.45) is -1.58. The summed E-state index contributed by atoms with van der Waals surface area (Å²) in [5, 5.41) is 4.04. The van der Waals surface area contributed by atoms with Crippen LogP contribution in [0.25, 0.3) is 22.4 Å². The number of alkyl halides is 3. The largest absolute Gasteiger partial charge is 0.471 e. The van der Waals surface area contributed by atoms with E-state index in [0.717, 1.165) is 10.3 Å². The van der Waals surface area contributed by atoms with Crippen LogP contribution in [0.1, 0.15) is 5.89 Å². The van der Waals surface area contributed by atoms with Crippen molar-refractivity contribution in [3.8, 4) is 11.4 Å². The third kappa shape index (κ3) is 4.18. The second kappa shape index (κ2) is 6.98. The van der Waals surface area contributed by atoms with E-state index in [9.17, 15) is 13.2 Å². The van der Waals surface area contributed by atoms with Crippen LogP contribution in [0.2, 0.25) is 0 Å². The van der Waals surface area contributed by atoms with Gasteiger partial charge in [-0.25, -0.2) is 4.98 Å². The summed E-state index contributed by atoms with van der Waals surface area (Å²) in [4.78, 5) is 11.2. The van der Waals surface area contributed by atoms with E-state index < -0.39 is 12.1 Å². The molecular weight excluding hydrogens is 353 g/mol. The van der Waals surface area contributed by atoms with Crippen molar-refractivity contribution in [2.45, 2.75) is 11.1 Å². The smallest absolute Gasteiger partial charge is 0.346 e. The van der Waals surface area contributed by atoms with Gasteiger partial charge in [0.05, 0.1) is 0 Å². The first-order chi connectivity index (χ1) is 11.9. The van der Waals surface area contributed by atoms with E-state index in [1.807, 2.05) is 30.3 Å². The lowest BCUT2D eigenvalue weighted by molar-refractivity contribution is -0.159. The van der Waals surface area contributed by atoms with Gasteiger partial charge in [0, 0.05) is 28.2 Å². The Kier molecular flexibility index (Phi) is 4.75. The van der Waals surface area contributed by atoms with Crippen LogP contribution in [0.4, 0.5) is 13.2 Å². The zero-order valence-electron chi connectivity index (χ0n) is 12.5. The van der Waals surface area contributed by atoms with E-state index >= 15 is 0 Å². The lowest BCUT2D eigenvalue weighted by atomic mass is 10.2. The maximum Gasteiger partial charge on any atom is 0.471 e. The highest BCUT2D eigenvalue weighted by molar-refractivity contribution is 7.80. The lowest BCUT2D eigenvalue weighted by Gasteiger charge is -1.96. The number of fused-ring (bicyclic) bond motifs is 1. The first-order valence-electron chi connectivity index (χ1n) is 7.02. The van der Waals surface area contributed by atoms with Crippen LogP contribution in [0.15, 0.2) is 64.3 Å². The molecule has 1 N–H and O–H groups in total. The van der Waals surface area contributed by atoms with Gasteiger partial charge in [-0.1, -0.05) is 23.4 Å². The van der Waals surface area contributed by atoms with Crippen molar-refractivity contribution in [1.82, 2.24) is 20.1 Å². The molecule has 25 heavy (non-hydrogen) atoms. The summed E-state index contributed by atoms with van der Waals surface area (Å²) in [6, 6.07) is 13.2. The number of rotatable bonds is 1. The standard InChI is InChI=1S/C10H5F3N4O.C6H6S/c11-10(12,13)9-16-8(17-18-9)6-3-5-1-2-14-7(5)15-4-6;7-6-4-2-1-3-5-6/h1-4H,(H,14,15);1-5,7H. The van der Waals surface area contributed by atoms with Gasteiger partial charge in [-0.3, -0.25) is 0 Å². The Balaban J connectivity index is 0.000000219. The van der Waals surface area contributed by atoms with Gasteiger partial charge in [0.25, 0.3) is 0 Å². The summed E-state index contributed by atoms with van der Waals surface area (Å²) in [5.41, 5.74) is 1.000. The fraction of sp³-hybridized carbons (Fsp3) is 0.0625. The Morgan fingerprint density at radius 2 is 1.84 bits per heavy atom. The summed E-state index contributed by atoms with van der Waals surface area (Å²) in [5.74, 6) is -1.51. The molecule has 5 nitrogen and oxygen atoms in total. The van der Waals surface area contributed by atoms with Crippen molar-refractivity contribution < 1.29 is 17.7 Å². The average Bonchev–Trinajstić information content (AvgIpc) is 3.24. The van der Waals surface area contributed by atoms with E-state index in [4.69, 9.17) is 0 Å². The SMILES string of the molecule is FC(F)(F)c1nc(-c2cnc3[nH]ccc3c2)no1.Sc1ccccc1. The predicted octanol–water partition coefficient (Wildman–Crippen LogP) is 4.61. The highest BCUT2D eigenvalue weighted by Crippen LogP contribution is 2.29. The number of nitrogens with one attached hydrogen (secondary N) is 1. The Morgan fingerprint density at radius 1 is 1.08 bits per heavy atom. The summed E-state index contributed by atoms with van der Waals surface area (Å²) in [6.45, 7) is 0. The van der Waals surface area contributed by atoms with Crippen LogP contribution < -0.4 is 0 Å². The number of H-pyrrole nitrogens is 1. The Labute approximate surface area is 145 Å². The van der Waals surface area contributed by atoms with Gasteiger partial charge in [-0.2, -0.15) is 18.2 Å². The van der Waals surface area contributed by atoms with Gasteiger partial charge in [0.1, 0.15) is 5.65 Å². The molecule has 0 aliphatic rings. The maximum atomic E-state index is 12.3. The fourth-order valence-electron chi connectivity index (χ4n) is 1.95. The monoisotopic (exact) mass is 364 g/mol. The molecule has 1 aromatic carbocycles. The lowest BCUT2D eigenvalue weighted by Crippen LogP contribution is -2.04. The van der Waals surface area contributed by atoms with Crippen LogP contribution in [0.3, 0.4) is 0 Å². The van der Waals surface area contributed by atoms with Crippen LogP contribution in [-0.2, 0) is 6.18 Å². The topological polar surface area (TPSA) is 67.6 Å². The Bertz CT molecular complexity index is 966. The molecule has 0 radical (unpaired) electrons. The quantitative estimate of drug-likeness (QED) is 0.484. The third-order valence-electron chi connectivity index (χ3n) is 3.08. The highest BCUT2D eigenvalue weighted by atomic mass is 32.1. The third-order valence-corrected chi connectivity index (χ3v) is 3.38. The van der Waals surface area contributed by atoms with Gasteiger partial charge < -0.3 is 9.51 Å². The van der Waals surface area contributed by atoms with Crippen LogP contribution >= 0.6 is 12.6 Å². The van der Waals surface area contributed by atoms with E-state index in [1.165, 1.54) is 6.20 Å². The summed E-state index contributed by atoms with van der Waals surface area (Å²) >= 11 is 4.08. The summed E-state index contributed by atoms with van der Waals surface area (Å²) in [7, 11) is 0. The fourth-order valence-corrected chi connectivity index (χ4v) is 2.12. The minimum Gasteiger partial charge on any atom is -0.346 e. The molecule has 0 saturated carbocycles. The molecule has 0 bridgehead atoms. The molecule has 0 aliphatic carbocycles. The molecule has 4 rings (SSSR count). The van der Waals surface area contributed by atoms with Crippen molar-refractivity contribution in [3.63, 3.8) is 0 Å². The number of halogens is 3. The van der Waals surface area contributed by atoms with E-state index in [1.54, 1.807) is 18.3 Å². The van der Waals surface area contributed by atoms with Crippen LogP contribution in [-0.4, -0.2) is 20.1 Å². The first kappa shape index (κ1) is 17.0. The van der Waals surface area contributed by atoms with Crippen molar-refractivity contribution in [2.24, 2.45) is 0 Å². The number of benzene rings is 1. The molecule has 128 valence electrons. The number of pyridine rings is 1. The second-order valence-corrected chi connectivity index (χ2v) is 5.41.